The van der Waals surface area contributed by atoms with Crippen LogP contribution in [0.1, 0.15) is 19.4 Å². The van der Waals surface area contributed by atoms with Crippen LogP contribution in [0.2, 0.25) is 0 Å². The summed E-state index contributed by atoms with van der Waals surface area (Å²) in [5, 5.41) is 1.78. The predicted octanol–water partition coefficient (Wildman–Crippen LogP) is 3.66. The fourth-order valence-corrected chi connectivity index (χ4v) is 2.24. The minimum atomic E-state index is 0.635. The highest BCUT2D eigenvalue weighted by atomic mass is 32.2. The Labute approximate surface area is 93.8 Å². The van der Waals surface area contributed by atoms with Gasteiger partial charge in [-0.2, -0.15) is 11.8 Å². The second kappa shape index (κ2) is 4.19. The van der Waals surface area contributed by atoms with Crippen molar-refractivity contribution in [2.75, 3.05) is 5.73 Å². The van der Waals surface area contributed by atoms with Crippen LogP contribution in [0.4, 0.5) is 5.69 Å². The molecule has 1 aromatic heterocycles. The maximum atomic E-state index is 5.82. The zero-order valence-corrected chi connectivity index (χ0v) is 9.80. The van der Waals surface area contributed by atoms with E-state index in [1.54, 1.807) is 0 Å². The van der Waals surface area contributed by atoms with E-state index in [-0.39, 0.29) is 0 Å². The average molecular weight is 221 g/mol. The molecule has 1 heterocycles. The second-order valence-electron chi connectivity index (χ2n) is 3.84. The van der Waals surface area contributed by atoms with Gasteiger partial charge in [-0.05, 0) is 11.3 Å². The summed E-state index contributed by atoms with van der Waals surface area (Å²) in [5.74, 6) is 0.980. The molecule has 0 amide bonds. The molecule has 0 saturated carbocycles. The Bertz CT molecular complexity index is 462. The summed E-state index contributed by atoms with van der Waals surface area (Å²) < 4.78 is 5.47. The van der Waals surface area contributed by atoms with Gasteiger partial charge in [-0.15, -0.1) is 0 Å². The van der Waals surface area contributed by atoms with Gasteiger partial charge in [0.1, 0.15) is 0 Å². The fourth-order valence-electron chi connectivity index (χ4n) is 1.50. The smallest absolute Gasteiger partial charge is 0.157 e. The minimum Gasteiger partial charge on any atom is -0.462 e. The Kier molecular flexibility index (Phi) is 2.91. The van der Waals surface area contributed by atoms with Crippen molar-refractivity contribution >= 4 is 28.4 Å². The Hall–Kier alpha value is -1.09. The Balaban J connectivity index is 2.33. The van der Waals surface area contributed by atoms with Crippen LogP contribution in [0.5, 0.6) is 0 Å². The van der Waals surface area contributed by atoms with Gasteiger partial charge < -0.3 is 10.2 Å². The van der Waals surface area contributed by atoms with Gasteiger partial charge >= 0.3 is 0 Å². The van der Waals surface area contributed by atoms with Crippen LogP contribution in [0.25, 0.3) is 11.0 Å². The van der Waals surface area contributed by atoms with Gasteiger partial charge in [0.15, 0.2) is 5.58 Å². The van der Waals surface area contributed by atoms with Crippen molar-refractivity contribution in [1.29, 1.82) is 0 Å². The molecule has 3 heteroatoms. The molecule has 2 N–H and O–H groups in total. The molecule has 80 valence electrons. The molecule has 0 aliphatic carbocycles. The molecule has 0 bridgehead atoms. The topological polar surface area (TPSA) is 39.2 Å². The number of hydrogen-bond donors (Lipinski definition) is 1. The van der Waals surface area contributed by atoms with Crippen LogP contribution >= 0.6 is 11.8 Å². The van der Waals surface area contributed by atoms with Crippen LogP contribution in [0.3, 0.4) is 0 Å². The molecule has 0 fully saturated rings. The van der Waals surface area contributed by atoms with Crippen molar-refractivity contribution in [3.05, 3.63) is 30.0 Å². The zero-order valence-electron chi connectivity index (χ0n) is 8.99. The third-order valence-corrected chi connectivity index (χ3v) is 3.43. The van der Waals surface area contributed by atoms with Crippen molar-refractivity contribution in [2.24, 2.45) is 0 Å². The largest absolute Gasteiger partial charge is 0.462 e. The first-order valence-corrected chi connectivity index (χ1v) is 6.09. The molecular weight excluding hydrogens is 206 g/mol. The lowest BCUT2D eigenvalue weighted by Crippen LogP contribution is -1.88. The van der Waals surface area contributed by atoms with E-state index in [2.05, 4.69) is 19.9 Å². The lowest BCUT2D eigenvalue weighted by molar-refractivity contribution is 0.614. The lowest BCUT2D eigenvalue weighted by atomic mass is 10.2. The number of furan rings is 1. The van der Waals surface area contributed by atoms with Crippen LogP contribution in [-0.4, -0.2) is 5.25 Å². The molecule has 2 aromatic rings. The summed E-state index contributed by atoms with van der Waals surface area (Å²) in [4.78, 5) is 0. The number of para-hydroxylation sites is 1. The van der Waals surface area contributed by atoms with Crippen LogP contribution in [-0.2, 0) is 5.75 Å². The predicted molar refractivity (Wildman–Crippen MR) is 67.1 cm³/mol. The van der Waals surface area contributed by atoms with Gasteiger partial charge in [-0.3, -0.25) is 0 Å². The number of hydrogen-bond acceptors (Lipinski definition) is 3. The highest BCUT2D eigenvalue weighted by molar-refractivity contribution is 7.99. The molecular formula is C12H15NOS. The summed E-state index contributed by atoms with van der Waals surface area (Å²) in [6.45, 7) is 4.39. The van der Waals surface area contributed by atoms with Gasteiger partial charge in [0.05, 0.1) is 12.0 Å². The summed E-state index contributed by atoms with van der Waals surface area (Å²) in [7, 11) is 0. The second-order valence-corrected chi connectivity index (χ2v) is 5.41. The molecule has 1 aromatic carbocycles. The monoisotopic (exact) mass is 221 g/mol. The van der Waals surface area contributed by atoms with E-state index in [9.17, 15) is 0 Å². The number of rotatable bonds is 3. The molecule has 0 atom stereocenters. The first-order chi connectivity index (χ1) is 7.18. The number of nitrogen functional groups attached to an aromatic ring is 1. The van der Waals surface area contributed by atoms with Gasteiger partial charge in [0, 0.05) is 16.7 Å². The van der Waals surface area contributed by atoms with E-state index >= 15 is 0 Å². The maximum absolute atomic E-state index is 5.82. The molecule has 0 saturated heterocycles. The molecule has 0 aliphatic heterocycles. The first-order valence-electron chi connectivity index (χ1n) is 5.04. The standard InChI is InChI=1S/C12H15NOS/c1-8(2)15-7-9-6-14-12-10(9)4-3-5-11(12)13/h3-6,8H,7,13H2,1-2H3. The molecule has 0 spiro atoms. The molecule has 2 nitrogen and oxygen atoms in total. The normalized spacial score (nSPS) is 11.4. The fraction of sp³-hybridized carbons (Fsp3) is 0.333. The van der Waals surface area contributed by atoms with Crippen LogP contribution in [0, 0.1) is 0 Å². The zero-order chi connectivity index (χ0) is 10.8. The van der Waals surface area contributed by atoms with Gasteiger partial charge in [0.25, 0.3) is 0 Å². The Morgan fingerprint density at radius 2 is 2.20 bits per heavy atom. The third-order valence-electron chi connectivity index (χ3n) is 2.28. The summed E-state index contributed by atoms with van der Waals surface area (Å²) in [6.07, 6.45) is 1.82. The average Bonchev–Trinajstić information content (AvgIpc) is 2.59. The van der Waals surface area contributed by atoms with Gasteiger partial charge in [-0.25, -0.2) is 0 Å². The highest BCUT2D eigenvalue weighted by Crippen LogP contribution is 2.29. The minimum absolute atomic E-state index is 0.635. The summed E-state index contributed by atoms with van der Waals surface area (Å²) >= 11 is 1.91. The molecule has 15 heavy (non-hydrogen) atoms. The number of fused-ring (bicyclic) bond motifs is 1. The van der Waals surface area contributed by atoms with Crippen LogP contribution < -0.4 is 5.73 Å². The van der Waals surface area contributed by atoms with E-state index in [0.29, 0.717) is 10.9 Å². The Morgan fingerprint density at radius 1 is 1.40 bits per heavy atom. The summed E-state index contributed by atoms with van der Waals surface area (Å²) in [5.41, 5.74) is 8.59. The van der Waals surface area contributed by atoms with Crippen molar-refractivity contribution in [3.8, 4) is 0 Å². The SMILES string of the molecule is CC(C)SCc1coc2c(N)cccc12. The van der Waals surface area contributed by atoms with E-state index in [1.165, 1.54) is 5.56 Å². The van der Waals surface area contributed by atoms with Crippen molar-refractivity contribution in [1.82, 2.24) is 0 Å². The maximum Gasteiger partial charge on any atom is 0.157 e. The molecule has 0 aliphatic rings. The van der Waals surface area contributed by atoms with Crippen LogP contribution in [0.15, 0.2) is 28.9 Å². The summed E-state index contributed by atoms with van der Waals surface area (Å²) in [6, 6.07) is 5.90. The quantitative estimate of drug-likeness (QED) is 0.804. The van der Waals surface area contributed by atoms with Crippen molar-refractivity contribution in [2.45, 2.75) is 24.9 Å². The first kappa shape index (κ1) is 10.4. The van der Waals surface area contributed by atoms with E-state index in [0.717, 1.165) is 16.7 Å². The van der Waals surface area contributed by atoms with E-state index in [4.69, 9.17) is 10.2 Å². The van der Waals surface area contributed by atoms with Crippen molar-refractivity contribution < 1.29 is 4.42 Å². The molecule has 0 radical (unpaired) electrons. The number of benzene rings is 1. The van der Waals surface area contributed by atoms with Crippen molar-refractivity contribution in [3.63, 3.8) is 0 Å². The van der Waals surface area contributed by atoms with Gasteiger partial charge in [0.2, 0.25) is 0 Å². The number of thioether (sulfide) groups is 1. The number of nitrogens with two attached hydrogens (primary N) is 1. The molecule has 2 rings (SSSR count). The number of anilines is 1. The lowest BCUT2D eigenvalue weighted by Gasteiger charge is -2.02. The molecule has 0 unspecified atom stereocenters. The Morgan fingerprint density at radius 3 is 2.93 bits per heavy atom. The van der Waals surface area contributed by atoms with E-state index < -0.39 is 0 Å². The van der Waals surface area contributed by atoms with E-state index in [1.807, 2.05) is 30.2 Å². The highest BCUT2D eigenvalue weighted by Gasteiger charge is 2.08. The third kappa shape index (κ3) is 2.12. The van der Waals surface area contributed by atoms with Gasteiger partial charge in [-0.1, -0.05) is 26.0 Å².